The van der Waals surface area contributed by atoms with Gasteiger partial charge in [0.25, 0.3) is 0 Å². The van der Waals surface area contributed by atoms with Crippen LogP contribution in [0.3, 0.4) is 0 Å². The maximum atomic E-state index is 13.2. The zero-order valence-corrected chi connectivity index (χ0v) is 14.4. The second-order valence-electron chi connectivity index (χ2n) is 6.11. The first-order chi connectivity index (χ1) is 12.8. The van der Waals surface area contributed by atoms with Gasteiger partial charge in [-0.1, -0.05) is 54.6 Å². The van der Waals surface area contributed by atoms with Gasteiger partial charge in [-0.15, -0.1) is 0 Å². The summed E-state index contributed by atoms with van der Waals surface area (Å²) in [5.74, 6) is 1.36. The highest BCUT2D eigenvalue weighted by Crippen LogP contribution is 2.39. The van der Waals surface area contributed by atoms with E-state index in [0.29, 0.717) is 16.9 Å². The van der Waals surface area contributed by atoms with Crippen molar-refractivity contribution >= 4 is 11.9 Å². The number of rotatable bonds is 3. The monoisotopic (exact) mass is 342 g/mol. The Labute approximate surface area is 152 Å². The first-order valence-electron chi connectivity index (χ1n) is 8.47. The zero-order chi connectivity index (χ0) is 17.9. The third-order valence-corrected chi connectivity index (χ3v) is 4.44. The third kappa shape index (κ3) is 3.00. The molecule has 0 bridgehead atoms. The molecule has 0 fully saturated rings. The minimum Gasteiger partial charge on any atom is -0.497 e. The molecule has 3 heteroatoms. The lowest BCUT2D eigenvalue weighted by atomic mass is 9.89. The summed E-state index contributed by atoms with van der Waals surface area (Å²) >= 11 is 0. The standard InChI is InChI=1S/C23H18O3/c1-25-18-11-7-8-16(14-18)15-20-22(24)19-12-5-6-13-21(19)26-23(20)17-9-3-2-4-10-17/h2-15,23H,1H3. The lowest BCUT2D eigenvalue weighted by Crippen LogP contribution is -2.23. The minimum atomic E-state index is -0.440. The fourth-order valence-electron chi connectivity index (χ4n) is 3.15. The second-order valence-corrected chi connectivity index (χ2v) is 6.11. The number of ketones is 1. The van der Waals surface area contributed by atoms with Crippen LogP contribution < -0.4 is 9.47 Å². The van der Waals surface area contributed by atoms with E-state index in [4.69, 9.17) is 9.47 Å². The average molecular weight is 342 g/mol. The number of hydrogen-bond donors (Lipinski definition) is 0. The molecule has 0 aromatic heterocycles. The highest BCUT2D eigenvalue weighted by Gasteiger charge is 2.32. The molecule has 128 valence electrons. The summed E-state index contributed by atoms with van der Waals surface area (Å²) in [4.78, 5) is 13.2. The zero-order valence-electron chi connectivity index (χ0n) is 14.4. The average Bonchev–Trinajstić information content (AvgIpc) is 2.71. The van der Waals surface area contributed by atoms with Gasteiger partial charge in [0.05, 0.1) is 12.7 Å². The van der Waals surface area contributed by atoms with Crippen LogP contribution in [-0.2, 0) is 0 Å². The Kier molecular flexibility index (Phi) is 4.28. The summed E-state index contributed by atoms with van der Waals surface area (Å²) in [7, 11) is 1.63. The van der Waals surface area contributed by atoms with Crippen LogP contribution in [0.2, 0.25) is 0 Å². The van der Waals surface area contributed by atoms with Crippen LogP contribution in [0, 0.1) is 0 Å². The summed E-state index contributed by atoms with van der Waals surface area (Å²) < 4.78 is 11.5. The molecular formula is C23H18O3. The van der Waals surface area contributed by atoms with Crippen molar-refractivity contribution in [2.45, 2.75) is 6.10 Å². The number of para-hydroxylation sites is 1. The molecule has 1 atom stereocenters. The van der Waals surface area contributed by atoms with Crippen LogP contribution in [0.25, 0.3) is 6.08 Å². The van der Waals surface area contributed by atoms with E-state index in [1.807, 2.05) is 78.9 Å². The van der Waals surface area contributed by atoms with Crippen molar-refractivity contribution in [1.82, 2.24) is 0 Å². The maximum Gasteiger partial charge on any atom is 0.196 e. The molecule has 3 aromatic carbocycles. The lowest BCUT2D eigenvalue weighted by molar-refractivity contribution is 0.0963. The predicted molar refractivity (Wildman–Crippen MR) is 102 cm³/mol. The van der Waals surface area contributed by atoms with Crippen LogP contribution in [0.4, 0.5) is 0 Å². The van der Waals surface area contributed by atoms with Gasteiger partial charge in [0.15, 0.2) is 11.9 Å². The molecule has 0 aliphatic carbocycles. The van der Waals surface area contributed by atoms with Crippen LogP contribution in [0.1, 0.15) is 27.6 Å². The van der Waals surface area contributed by atoms with E-state index < -0.39 is 6.10 Å². The quantitative estimate of drug-likeness (QED) is 0.622. The van der Waals surface area contributed by atoms with Gasteiger partial charge in [0, 0.05) is 5.57 Å². The van der Waals surface area contributed by atoms with E-state index in [0.717, 1.165) is 16.9 Å². The van der Waals surface area contributed by atoms with Crippen molar-refractivity contribution in [3.05, 3.63) is 101 Å². The number of carbonyl (C=O) groups is 1. The molecule has 0 spiro atoms. The van der Waals surface area contributed by atoms with Crippen molar-refractivity contribution in [3.8, 4) is 11.5 Å². The van der Waals surface area contributed by atoms with Crippen molar-refractivity contribution in [3.63, 3.8) is 0 Å². The van der Waals surface area contributed by atoms with E-state index in [1.165, 1.54) is 0 Å². The maximum absolute atomic E-state index is 13.2. The molecule has 4 rings (SSSR count). The Morgan fingerprint density at radius 2 is 1.69 bits per heavy atom. The van der Waals surface area contributed by atoms with Crippen molar-refractivity contribution in [2.24, 2.45) is 0 Å². The number of carbonyl (C=O) groups excluding carboxylic acids is 1. The fourth-order valence-corrected chi connectivity index (χ4v) is 3.15. The first-order valence-corrected chi connectivity index (χ1v) is 8.47. The van der Waals surface area contributed by atoms with Gasteiger partial charge in [-0.25, -0.2) is 0 Å². The summed E-state index contributed by atoms with van der Waals surface area (Å²) in [6, 6.07) is 24.8. The van der Waals surface area contributed by atoms with Crippen LogP contribution in [0.5, 0.6) is 11.5 Å². The summed E-state index contributed by atoms with van der Waals surface area (Å²) in [6.07, 6.45) is 1.45. The van der Waals surface area contributed by atoms with Crippen molar-refractivity contribution < 1.29 is 14.3 Å². The Balaban J connectivity index is 1.85. The van der Waals surface area contributed by atoms with Crippen molar-refractivity contribution in [1.29, 1.82) is 0 Å². The SMILES string of the molecule is COc1cccc(C=C2C(=O)c3ccccc3OC2c2ccccc2)c1. The molecular weight excluding hydrogens is 324 g/mol. The van der Waals surface area contributed by atoms with Gasteiger partial charge in [0.1, 0.15) is 11.5 Å². The normalized spacial score (nSPS) is 17.5. The summed E-state index contributed by atoms with van der Waals surface area (Å²) in [5.41, 5.74) is 3.05. The molecule has 1 aliphatic rings. The number of benzene rings is 3. The summed E-state index contributed by atoms with van der Waals surface area (Å²) in [5, 5.41) is 0. The molecule has 0 radical (unpaired) electrons. The molecule has 0 N–H and O–H groups in total. The Morgan fingerprint density at radius 3 is 2.50 bits per heavy atom. The largest absolute Gasteiger partial charge is 0.497 e. The Morgan fingerprint density at radius 1 is 0.923 bits per heavy atom. The second kappa shape index (κ2) is 6.89. The molecule has 0 saturated heterocycles. The van der Waals surface area contributed by atoms with Gasteiger partial charge in [-0.05, 0) is 41.5 Å². The predicted octanol–water partition coefficient (Wildman–Crippen LogP) is 5.10. The van der Waals surface area contributed by atoms with Gasteiger partial charge in [0.2, 0.25) is 0 Å². The molecule has 0 saturated carbocycles. The third-order valence-electron chi connectivity index (χ3n) is 4.44. The molecule has 3 nitrogen and oxygen atoms in total. The van der Waals surface area contributed by atoms with Gasteiger partial charge < -0.3 is 9.47 Å². The molecule has 0 amide bonds. The number of Topliss-reactive ketones (excluding diaryl/α,β-unsaturated/α-hetero) is 1. The Hall–Kier alpha value is -3.33. The van der Waals surface area contributed by atoms with Crippen LogP contribution >= 0.6 is 0 Å². The van der Waals surface area contributed by atoms with Crippen molar-refractivity contribution in [2.75, 3.05) is 7.11 Å². The van der Waals surface area contributed by atoms with Gasteiger partial charge >= 0.3 is 0 Å². The van der Waals surface area contributed by atoms with E-state index in [9.17, 15) is 4.79 Å². The molecule has 1 unspecified atom stereocenters. The van der Waals surface area contributed by atoms with Crippen LogP contribution in [0.15, 0.2) is 84.4 Å². The minimum absolute atomic E-state index is 0.0106. The first kappa shape index (κ1) is 16.2. The van der Waals surface area contributed by atoms with E-state index in [1.54, 1.807) is 13.2 Å². The van der Waals surface area contributed by atoms with E-state index >= 15 is 0 Å². The molecule has 1 heterocycles. The summed E-state index contributed by atoms with van der Waals surface area (Å²) in [6.45, 7) is 0. The van der Waals surface area contributed by atoms with Crippen LogP contribution in [-0.4, -0.2) is 12.9 Å². The number of methoxy groups -OCH3 is 1. The topological polar surface area (TPSA) is 35.5 Å². The van der Waals surface area contributed by atoms with E-state index in [2.05, 4.69) is 0 Å². The fraction of sp³-hybridized carbons (Fsp3) is 0.0870. The van der Waals surface area contributed by atoms with Gasteiger partial charge in [-0.2, -0.15) is 0 Å². The lowest BCUT2D eigenvalue weighted by Gasteiger charge is -2.28. The molecule has 26 heavy (non-hydrogen) atoms. The number of ether oxygens (including phenoxy) is 2. The smallest absolute Gasteiger partial charge is 0.196 e. The molecule has 1 aliphatic heterocycles. The molecule has 3 aromatic rings. The Bertz CT molecular complexity index is 974. The van der Waals surface area contributed by atoms with Gasteiger partial charge in [-0.3, -0.25) is 4.79 Å². The highest BCUT2D eigenvalue weighted by molar-refractivity contribution is 6.14. The number of hydrogen-bond acceptors (Lipinski definition) is 3. The number of fused-ring (bicyclic) bond motifs is 1. The van der Waals surface area contributed by atoms with E-state index in [-0.39, 0.29) is 5.78 Å². The highest BCUT2D eigenvalue weighted by atomic mass is 16.5.